The number of nitrogens with zero attached hydrogens (tertiary/aromatic N) is 1. The second kappa shape index (κ2) is 3.45. The molecule has 0 bridgehead atoms. The standard InChI is InChI=1S/C13H15NO3/c1-2-17-10-8-13-6-5-11(15)14(13)7-3-4-9(13)12(10)16/h5-6,8-9H,2-4,7H2,1H3/t9-,13-/m1/s1. The van der Waals surface area contributed by atoms with Gasteiger partial charge in [-0.3, -0.25) is 9.59 Å². The smallest absolute Gasteiger partial charge is 0.247 e. The highest BCUT2D eigenvalue weighted by Gasteiger charge is 2.55. The molecule has 0 saturated carbocycles. The van der Waals surface area contributed by atoms with Crippen LogP contribution in [0.2, 0.25) is 0 Å². The number of rotatable bonds is 2. The van der Waals surface area contributed by atoms with Crippen LogP contribution in [0.25, 0.3) is 0 Å². The lowest BCUT2D eigenvalue weighted by Crippen LogP contribution is -2.53. The number of hydrogen-bond acceptors (Lipinski definition) is 3. The molecule has 3 aliphatic rings. The van der Waals surface area contributed by atoms with Gasteiger partial charge in [0.1, 0.15) is 0 Å². The van der Waals surface area contributed by atoms with Gasteiger partial charge >= 0.3 is 0 Å². The Morgan fingerprint density at radius 3 is 3.12 bits per heavy atom. The molecule has 1 aliphatic carbocycles. The fraction of sp³-hybridized carbons (Fsp3) is 0.538. The third kappa shape index (κ3) is 1.24. The number of carbonyl (C=O) groups excluding carboxylic acids is 2. The van der Waals surface area contributed by atoms with E-state index >= 15 is 0 Å². The highest BCUT2D eigenvalue weighted by Crippen LogP contribution is 2.46. The van der Waals surface area contributed by atoms with Gasteiger partial charge in [0.15, 0.2) is 5.76 Å². The zero-order chi connectivity index (χ0) is 12.0. The molecule has 1 spiro atoms. The molecular weight excluding hydrogens is 218 g/mol. The second-order valence-electron chi connectivity index (χ2n) is 4.71. The van der Waals surface area contributed by atoms with Crippen LogP contribution in [0.3, 0.4) is 0 Å². The Morgan fingerprint density at radius 2 is 2.35 bits per heavy atom. The maximum atomic E-state index is 12.2. The summed E-state index contributed by atoms with van der Waals surface area (Å²) in [6.07, 6.45) is 7.00. The summed E-state index contributed by atoms with van der Waals surface area (Å²) in [7, 11) is 0. The molecule has 1 amide bonds. The second-order valence-corrected chi connectivity index (χ2v) is 4.71. The van der Waals surface area contributed by atoms with Crippen molar-refractivity contribution in [2.24, 2.45) is 5.92 Å². The zero-order valence-electron chi connectivity index (χ0n) is 9.81. The Morgan fingerprint density at radius 1 is 1.53 bits per heavy atom. The summed E-state index contributed by atoms with van der Waals surface area (Å²) in [5.41, 5.74) is -0.517. The quantitative estimate of drug-likeness (QED) is 0.716. The van der Waals surface area contributed by atoms with Crippen LogP contribution in [-0.4, -0.2) is 35.3 Å². The minimum Gasteiger partial charge on any atom is -0.490 e. The van der Waals surface area contributed by atoms with Crippen LogP contribution >= 0.6 is 0 Å². The van der Waals surface area contributed by atoms with Gasteiger partial charge in [-0.25, -0.2) is 0 Å². The number of hydrogen-bond donors (Lipinski definition) is 0. The Bertz CT molecular complexity index is 452. The van der Waals surface area contributed by atoms with Crippen LogP contribution in [0, 0.1) is 5.92 Å². The van der Waals surface area contributed by atoms with Crippen molar-refractivity contribution in [1.82, 2.24) is 4.90 Å². The minimum absolute atomic E-state index is 0.0106. The van der Waals surface area contributed by atoms with Crippen LogP contribution in [0.15, 0.2) is 24.0 Å². The summed E-state index contributed by atoms with van der Waals surface area (Å²) in [6, 6.07) is 0. The Labute approximate surface area is 99.9 Å². The van der Waals surface area contributed by atoms with E-state index in [0.29, 0.717) is 12.4 Å². The van der Waals surface area contributed by atoms with Crippen molar-refractivity contribution in [3.05, 3.63) is 24.0 Å². The monoisotopic (exact) mass is 233 g/mol. The number of amides is 1. The number of Topliss-reactive ketones (excluding diaryl/α,β-unsaturated/α-hetero) is 1. The van der Waals surface area contributed by atoms with Crippen molar-refractivity contribution >= 4 is 11.7 Å². The molecule has 0 unspecified atom stereocenters. The molecule has 1 fully saturated rings. The van der Waals surface area contributed by atoms with Gasteiger partial charge < -0.3 is 9.64 Å². The zero-order valence-corrected chi connectivity index (χ0v) is 9.81. The molecule has 4 nitrogen and oxygen atoms in total. The van der Waals surface area contributed by atoms with E-state index in [1.807, 2.05) is 19.1 Å². The molecule has 0 N–H and O–H groups in total. The Kier molecular flexibility index (Phi) is 2.15. The Hall–Kier alpha value is -1.58. The maximum Gasteiger partial charge on any atom is 0.247 e. The highest BCUT2D eigenvalue weighted by atomic mass is 16.5. The molecule has 0 aromatic rings. The van der Waals surface area contributed by atoms with Crippen molar-refractivity contribution in [3.63, 3.8) is 0 Å². The maximum absolute atomic E-state index is 12.2. The predicted molar refractivity (Wildman–Crippen MR) is 61.0 cm³/mol. The van der Waals surface area contributed by atoms with E-state index in [0.717, 1.165) is 19.4 Å². The van der Waals surface area contributed by atoms with Crippen LogP contribution in [0.5, 0.6) is 0 Å². The summed E-state index contributed by atoms with van der Waals surface area (Å²) in [5, 5.41) is 0. The first-order chi connectivity index (χ1) is 8.19. The molecule has 0 radical (unpaired) electrons. The number of ketones is 1. The molecule has 1 saturated heterocycles. The first kappa shape index (κ1) is 10.6. The first-order valence-electron chi connectivity index (χ1n) is 6.10. The molecular formula is C13H15NO3. The van der Waals surface area contributed by atoms with Gasteiger partial charge in [0.05, 0.1) is 18.1 Å². The SMILES string of the molecule is CCOC1=C[C@@]23C=CC(=O)N2CCC[C@@H]3C1=O. The van der Waals surface area contributed by atoms with Crippen LogP contribution in [-0.2, 0) is 14.3 Å². The van der Waals surface area contributed by atoms with Gasteiger partial charge in [-0.05, 0) is 31.9 Å². The van der Waals surface area contributed by atoms with E-state index in [1.54, 1.807) is 11.0 Å². The molecule has 2 aliphatic heterocycles. The lowest BCUT2D eigenvalue weighted by atomic mass is 9.80. The molecule has 2 heterocycles. The highest BCUT2D eigenvalue weighted by molar-refractivity contribution is 6.03. The van der Waals surface area contributed by atoms with Crippen molar-refractivity contribution in [3.8, 4) is 0 Å². The van der Waals surface area contributed by atoms with Gasteiger partial charge in [-0.2, -0.15) is 0 Å². The van der Waals surface area contributed by atoms with Crippen LogP contribution < -0.4 is 0 Å². The van der Waals surface area contributed by atoms with E-state index in [4.69, 9.17) is 4.74 Å². The van der Waals surface area contributed by atoms with E-state index in [2.05, 4.69) is 0 Å². The lowest BCUT2D eigenvalue weighted by Gasteiger charge is -2.41. The summed E-state index contributed by atoms with van der Waals surface area (Å²) in [6.45, 7) is 3.07. The summed E-state index contributed by atoms with van der Waals surface area (Å²) in [4.78, 5) is 25.8. The van der Waals surface area contributed by atoms with Crippen LogP contribution in [0.1, 0.15) is 19.8 Å². The number of piperidine rings is 1. The average Bonchev–Trinajstić information content (AvgIpc) is 2.79. The van der Waals surface area contributed by atoms with Gasteiger partial charge in [0.2, 0.25) is 11.7 Å². The largest absolute Gasteiger partial charge is 0.490 e. The first-order valence-corrected chi connectivity index (χ1v) is 6.10. The summed E-state index contributed by atoms with van der Waals surface area (Å²) < 4.78 is 5.38. The van der Waals surface area contributed by atoms with Gasteiger partial charge in [-0.15, -0.1) is 0 Å². The molecule has 90 valence electrons. The van der Waals surface area contributed by atoms with Crippen LogP contribution in [0.4, 0.5) is 0 Å². The topological polar surface area (TPSA) is 46.6 Å². The molecule has 17 heavy (non-hydrogen) atoms. The normalized spacial score (nSPS) is 34.8. The van der Waals surface area contributed by atoms with Crippen molar-refractivity contribution in [2.45, 2.75) is 25.3 Å². The summed E-state index contributed by atoms with van der Waals surface area (Å²) in [5.74, 6) is 0.358. The molecule has 0 aromatic heterocycles. The molecule has 3 rings (SSSR count). The number of allylic oxidation sites excluding steroid dienone is 1. The lowest BCUT2D eigenvalue weighted by molar-refractivity contribution is -0.133. The predicted octanol–water partition coefficient (Wildman–Crippen LogP) is 1.04. The number of ether oxygens (including phenoxy) is 1. The molecule has 2 atom stereocenters. The average molecular weight is 233 g/mol. The van der Waals surface area contributed by atoms with E-state index in [-0.39, 0.29) is 17.6 Å². The van der Waals surface area contributed by atoms with Gasteiger partial charge in [0.25, 0.3) is 0 Å². The van der Waals surface area contributed by atoms with Crippen molar-refractivity contribution < 1.29 is 14.3 Å². The number of carbonyl (C=O) groups is 2. The Balaban J connectivity index is 2.04. The fourth-order valence-corrected chi connectivity index (χ4v) is 3.16. The minimum atomic E-state index is -0.517. The van der Waals surface area contributed by atoms with E-state index in [1.165, 1.54) is 0 Å². The van der Waals surface area contributed by atoms with Gasteiger partial charge in [-0.1, -0.05) is 0 Å². The van der Waals surface area contributed by atoms with Crippen molar-refractivity contribution in [1.29, 1.82) is 0 Å². The van der Waals surface area contributed by atoms with Gasteiger partial charge in [0, 0.05) is 12.6 Å². The van der Waals surface area contributed by atoms with E-state index < -0.39 is 5.54 Å². The third-order valence-electron chi connectivity index (χ3n) is 3.88. The molecule has 4 heteroatoms. The molecule has 0 aromatic carbocycles. The van der Waals surface area contributed by atoms with Crippen molar-refractivity contribution in [2.75, 3.05) is 13.2 Å². The van der Waals surface area contributed by atoms with E-state index in [9.17, 15) is 9.59 Å². The third-order valence-corrected chi connectivity index (χ3v) is 3.88. The fourth-order valence-electron chi connectivity index (χ4n) is 3.16. The summed E-state index contributed by atoms with van der Waals surface area (Å²) >= 11 is 0.